The third-order valence-corrected chi connectivity index (χ3v) is 3.05. The van der Waals surface area contributed by atoms with Crippen LogP contribution in [0.15, 0.2) is 10.8 Å². The minimum atomic E-state index is -0.233. The summed E-state index contributed by atoms with van der Waals surface area (Å²) in [5.41, 5.74) is 1.58. The van der Waals surface area contributed by atoms with Gasteiger partial charge < -0.3 is 14.8 Å². The van der Waals surface area contributed by atoms with Crippen molar-refractivity contribution in [2.45, 2.75) is 13.3 Å². The second-order valence-electron chi connectivity index (χ2n) is 2.90. The Labute approximate surface area is 98.5 Å². The summed E-state index contributed by atoms with van der Waals surface area (Å²) in [6.07, 6.45) is 1.59. The molecule has 0 unspecified atom stereocenters. The number of halogens is 2. The molecule has 2 aromatic rings. The Morgan fingerprint density at radius 2 is 2.13 bits per heavy atom. The molecule has 0 saturated heterocycles. The summed E-state index contributed by atoms with van der Waals surface area (Å²) in [6.45, 7) is -0.393. The second-order valence-corrected chi connectivity index (χ2v) is 4.01. The van der Waals surface area contributed by atoms with Gasteiger partial charge in [-0.1, -0.05) is 11.6 Å². The molecule has 0 aliphatic carbocycles. The number of aromatic nitrogens is 3. The monoisotopic (exact) mass is 291 g/mol. The highest BCUT2D eigenvalue weighted by Gasteiger charge is 2.13. The van der Waals surface area contributed by atoms with E-state index in [4.69, 9.17) is 21.8 Å². The number of fused-ring (bicyclic) bond motifs is 1. The molecule has 0 aliphatic rings. The molecule has 80 valence electrons. The normalized spacial score (nSPS) is 11.2. The molecule has 0 aromatic carbocycles. The predicted molar refractivity (Wildman–Crippen MR) is 58.4 cm³/mol. The SMILES string of the molecule is OCc1cn(CO)c2nc(Cl)c(Br)nc12. The maximum absolute atomic E-state index is 9.09. The molecule has 2 N–H and O–H groups in total. The van der Waals surface area contributed by atoms with Gasteiger partial charge in [0, 0.05) is 11.8 Å². The highest BCUT2D eigenvalue weighted by atomic mass is 79.9. The summed E-state index contributed by atoms with van der Waals surface area (Å²) < 4.78 is 1.88. The van der Waals surface area contributed by atoms with Gasteiger partial charge in [-0.05, 0) is 15.9 Å². The van der Waals surface area contributed by atoms with Gasteiger partial charge >= 0.3 is 0 Å². The number of rotatable bonds is 2. The molecule has 0 bridgehead atoms. The van der Waals surface area contributed by atoms with Crippen LogP contribution in [0.3, 0.4) is 0 Å². The first-order valence-electron chi connectivity index (χ1n) is 4.10. The molecule has 0 radical (unpaired) electrons. The van der Waals surface area contributed by atoms with Gasteiger partial charge in [-0.25, -0.2) is 9.97 Å². The predicted octanol–water partition coefficient (Wildman–Crippen LogP) is 1.29. The molecule has 2 rings (SSSR count). The molecule has 0 spiro atoms. The highest BCUT2D eigenvalue weighted by molar-refractivity contribution is 9.10. The third-order valence-electron chi connectivity index (χ3n) is 2.01. The molecule has 2 heterocycles. The zero-order valence-corrected chi connectivity index (χ0v) is 9.83. The van der Waals surface area contributed by atoms with E-state index in [1.807, 2.05) is 0 Å². The summed E-state index contributed by atoms with van der Waals surface area (Å²) in [5.74, 6) is 0. The zero-order chi connectivity index (χ0) is 11.0. The lowest BCUT2D eigenvalue weighted by atomic mass is 10.3. The minimum absolute atomic E-state index is 0.160. The van der Waals surface area contributed by atoms with Crippen molar-refractivity contribution < 1.29 is 10.2 Å². The smallest absolute Gasteiger partial charge is 0.164 e. The lowest BCUT2D eigenvalue weighted by molar-refractivity contribution is 0.214. The molecule has 15 heavy (non-hydrogen) atoms. The van der Waals surface area contributed by atoms with E-state index in [1.54, 1.807) is 6.20 Å². The van der Waals surface area contributed by atoms with Crippen LogP contribution < -0.4 is 0 Å². The molecule has 2 aromatic heterocycles. The van der Waals surface area contributed by atoms with Crippen LogP contribution in [0.5, 0.6) is 0 Å². The van der Waals surface area contributed by atoms with Crippen LogP contribution in [0, 0.1) is 0 Å². The maximum Gasteiger partial charge on any atom is 0.164 e. The summed E-state index contributed by atoms with van der Waals surface area (Å²) in [7, 11) is 0. The summed E-state index contributed by atoms with van der Waals surface area (Å²) in [5, 5.41) is 18.4. The minimum Gasteiger partial charge on any atom is -0.392 e. The largest absolute Gasteiger partial charge is 0.392 e. The molecule has 0 saturated carbocycles. The number of hydrogen-bond acceptors (Lipinski definition) is 4. The summed E-state index contributed by atoms with van der Waals surface area (Å²) >= 11 is 8.94. The quantitative estimate of drug-likeness (QED) is 0.875. The number of nitrogens with zero attached hydrogens (tertiary/aromatic N) is 3. The Bertz CT molecular complexity index is 470. The van der Waals surface area contributed by atoms with Crippen molar-refractivity contribution in [2.75, 3.05) is 0 Å². The fourth-order valence-corrected chi connectivity index (χ4v) is 1.72. The Balaban J connectivity index is 2.80. The second kappa shape index (κ2) is 4.05. The summed E-state index contributed by atoms with van der Waals surface area (Å²) in [6, 6.07) is 0. The van der Waals surface area contributed by atoms with Crippen LogP contribution in [0.4, 0.5) is 0 Å². The van der Waals surface area contributed by atoms with Gasteiger partial charge in [-0.3, -0.25) is 0 Å². The van der Waals surface area contributed by atoms with E-state index in [-0.39, 0.29) is 18.5 Å². The van der Waals surface area contributed by atoms with Gasteiger partial charge in [-0.2, -0.15) is 0 Å². The first kappa shape index (κ1) is 10.8. The van der Waals surface area contributed by atoms with E-state index in [2.05, 4.69) is 25.9 Å². The van der Waals surface area contributed by atoms with Gasteiger partial charge in [0.25, 0.3) is 0 Å². The first-order chi connectivity index (χ1) is 7.17. The number of hydrogen-bond donors (Lipinski definition) is 2. The fourth-order valence-electron chi connectivity index (χ4n) is 1.34. The number of aliphatic hydroxyl groups excluding tert-OH is 2. The van der Waals surface area contributed by atoms with E-state index in [0.717, 1.165) is 0 Å². The van der Waals surface area contributed by atoms with E-state index < -0.39 is 0 Å². The highest BCUT2D eigenvalue weighted by Crippen LogP contribution is 2.24. The van der Waals surface area contributed by atoms with Crippen molar-refractivity contribution in [3.05, 3.63) is 21.5 Å². The van der Waals surface area contributed by atoms with Gasteiger partial charge in [0.1, 0.15) is 16.9 Å². The van der Waals surface area contributed by atoms with Crippen molar-refractivity contribution in [3.8, 4) is 0 Å². The molecule has 0 aliphatic heterocycles. The van der Waals surface area contributed by atoms with Crippen LogP contribution in [0.1, 0.15) is 5.56 Å². The summed E-state index contributed by atoms with van der Waals surface area (Å²) in [4.78, 5) is 8.21. The Morgan fingerprint density at radius 3 is 2.73 bits per heavy atom. The third kappa shape index (κ3) is 1.74. The zero-order valence-electron chi connectivity index (χ0n) is 7.48. The van der Waals surface area contributed by atoms with E-state index in [9.17, 15) is 0 Å². The van der Waals surface area contributed by atoms with Crippen molar-refractivity contribution >= 4 is 38.7 Å². The molecule has 0 fully saturated rings. The van der Waals surface area contributed by atoms with Gasteiger partial charge in [0.15, 0.2) is 10.8 Å². The van der Waals surface area contributed by atoms with Crippen LogP contribution >= 0.6 is 27.5 Å². The lowest BCUT2D eigenvalue weighted by Crippen LogP contribution is -1.96. The van der Waals surface area contributed by atoms with Crippen LogP contribution in [0.2, 0.25) is 5.15 Å². The Morgan fingerprint density at radius 1 is 1.40 bits per heavy atom. The Kier molecular flexibility index (Phi) is 2.92. The maximum atomic E-state index is 9.09. The van der Waals surface area contributed by atoms with Crippen LogP contribution in [-0.4, -0.2) is 24.7 Å². The first-order valence-corrected chi connectivity index (χ1v) is 5.27. The lowest BCUT2D eigenvalue weighted by Gasteiger charge is -1.99. The van der Waals surface area contributed by atoms with Gasteiger partial charge in [-0.15, -0.1) is 0 Å². The molecule has 7 heteroatoms. The topological polar surface area (TPSA) is 71.2 Å². The van der Waals surface area contributed by atoms with E-state index in [0.29, 0.717) is 21.3 Å². The van der Waals surface area contributed by atoms with Crippen molar-refractivity contribution in [3.63, 3.8) is 0 Å². The number of aliphatic hydroxyl groups is 2. The van der Waals surface area contributed by atoms with Crippen LogP contribution in [0.25, 0.3) is 11.2 Å². The molecular weight excluding hydrogens is 285 g/mol. The average Bonchev–Trinajstić information content (AvgIpc) is 2.56. The standard InChI is InChI=1S/C8H7BrClN3O2/c9-6-7(10)12-8-5(11-6)4(2-14)1-13(8)3-15/h1,14-15H,2-3H2. The van der Waals surface area contributed by atoms with Gasteiger partial charge in [0.05, 0.1) is 6.61 Å². The van der Waals surface area contributed by atoms with Crippen molar-refractivity contribution in [1.29, 1.82) is 0 Å². The molecule has 5 nitrogen and oxygen atoms in total. The van der Waals surface area contributed by atoms with Gasteiger partial charge in [0.2, 0.25) is 0 Å². The van der Waals surface area contributed by atoms with E-state index >= 15 is 0 Å². The molecule has 0 amide bonds. The van der Waals surface area contributed by atoms with E-state index in [1.165, 1.54) is 4.57 Å². The fraction of sp³-hybridized carbons (Fsp3) is 0.250. The van der Waals surface area contributed by atoms with Crippen LogP contribution in [-0.2, 0) is 13.3 Å². The molecular formula is C8H7BrClN3O2. The molecule has 0 atom stereocenters. The van der Waals surface area contributed by atoms with Crippen molar-refractivity contribution in [2.24, 2.45) is 0 Å². The Hall–Kier alpha value is -0.690. The average molecular weight is 293 g/mol. The van der Waals surface area contributed by atoms with Crippen molar-refractivity contribution in [1.82, 2.24) is 14.5 Å².